The summed E-state index contributed by atoms with van der Waals surface area (Å²) in [6, 6.07) is 13.3. The number of hydrazone groups is 1. The number of benzene rings is 2. The zero-order chi connectivity index (χ0) is 21.3. The third kappa shape index (κ3) is 3.87. The highest BCUT2D eigenvalue weighted by Gasteiger charge is 2.34. The van der Waals surface area contributed by atoms with Crippen LogP contribution < -0.4 is 4.74 Å². The first-order chi connectivity index (χ1) is 14.5. The SMILES string of the molecule is CCOc1ccc2cc([C@@H]3CC(c4ccc(F)cc4)=NN3C(=O)CC)c(Cl)nc2c1. The van der Waals surface area contributed by atoms with E-state index in [1.165, 1.54) is 17.1 Å². The molecule has 0 radical (unpaired) electrons. The minimum Gasteiger partial charge on any atom is -0.494 e. The van der Waals surface area contributed by atoms with Crippen LogP contribution in [0.2, 0.25) is 5.15 Å². The summed E-state index contributed by atoms with van der Waals surface area (Å²) >= 11 is 6.55. The second-order valence-electron chi connectivity index (χ2n) is 7.02. The van der Waals surface area contributed by atoms with Gasteiger partial charge in [-0.2, -0.15) is 5.10 Å². The van der Waals surface area contributed by atoms with Crippen LogP contribution in [0.1, 0.15) is 43.9 Å². The molecule has 5 nitrogen and oxygen atoms in total. The highest BCUT2D eigenvalue weighted by Crippen LogP contribution is 2.38. The molecule has 0 bridgehead atoms. The normalized spacial score (nSPS) is 16.1. The second kappa shape index (κ2) is 8.40. The van der Waals surface area contributed by atoms with Crippen molar-refractivity contribution in [1.82, 2.24) is 9.99 Å². The molecule has 0 spiro atoms. The van der Waals surface area contributed by atoms with Crippen molar-refractivity contribution < 1.29 is 13.9 Å². The molecule has 1 aliphatic rings. The molecular weight excluding hydrogens is 405 g/mol. The van der Waals surface area contributed by atoms with E-state index in [4.69, 9.17) is 16.3 Å². The van der Waals surface area contributed by atoms with Gasteiger partial charge in [-0.1, -0.05) is 30.7 Å². The van der Waals surface area contributed by atoms with Crippen LogP contribution in [-0.4, -0.2) is 28.2 Å². The number of halogens is 2. The summed E-state index contributed by atoms with van der Waals surface area (Å²) in [5, 5.41) is 7.25. The van der Waals surface area contributed by atoms with Crippen molar-refractivity contribution >= 4 is 34.1 Å². The lowest BCUT2D eigenvalue weighted by Gasteiger charge is -2.22. The van der Waals surface area contributed by atoms with E-state index in [2.05, 4.69) is 10.1 Å². The van der Waals surface area contributed by atoms with Gasteiger partial charge in [-0.3, -0.25) is 4.79 Å². The molecule has 0 saturated heterocycles. The van der Waals surface area contributed by atoms with Crippen LogP contribution in [0.25, 0.3) is 10.9 Å². The van der Waals surface area contributed by atoms with Gasteiger partial charge in [0, 0.05) is 29.9 Å². The van der Waals surface area contributed by atoms with E-state index in [1.54, 1.807) is 19.1 Å². The number of hydrogen-bond acceptors (Lipinski definition) is 4. The molecule has 3 aromatic rings. The van der Waals surface area contributed by atoms with Crippen molar-refractivity contribution in [2.24, 2.45) is 5.10 Å². The number of rotatable bonds is 5. The van der Waals surface area contributed by atoms with E-state index in [0.29, 0.717) is 30.3 Å². The third-order valence-corrected chi connectivity index (χ3v) is 5.39. The van der Waals surface area contributed by atoms with E-state index >= 15 is 0 Å². The largest absolute Gasteiger partial charge is 0.494 e. The van der Waals surface area contributed by atoms with Crippen LogP contribution in [0, 0.1) is 5.82 Å². The number of fused-ring (bicyclic) bond motifs is 1. The summed E-state index contributed by atoms with van der Waals surface area (Å²) in [5.74, 6) is 0.301. The lowest BCUT2D eigenvalue weighted by atomic mass is 9.98. The number of aromatic nitrogens is 1. The first kappa shape index (κ1) is 20.3. The van der Waals surface area contributed by atoms with Gasteiger partial charge in [0.25, 0.3) is 0 Å². The van der Waals surface area contributed by atoms with Crippen molar-refractivity contribution in [3.63, 3.8) is 0 Å². The van der Waals surface area contributed by atoms with E-state index in [1.807, 2.05) is 31.2 Å². The first-order valence-electron chi connectivity index (χ1n) is 9.88. The molecule has 0 fully saturated rings. The van der Waals surface area contributed by atoms with Crippen molar-refractivity contribution in [1.29, 1.82) is 0 Å². The molecule has 1 aliphatic heterocycles. The van der Waals surface area contributed by atoms with Crippen LogP contribution in [-0.2, 0) is 4.79 Å². The number of carbonyl (C=O) groups excluding carboxylic acids is 1. The number of amides is 1. The molecule has 0 saturated carbocycles. The fourth-order valence-corrected chi connectivity index (χ4v) is 3.86. The topological polar surface area (TPSA) is 54.8 Å². The number of ether oxygens (including phenoxy) is 1. The third-order valence-electron chi connectivity index (χ3n) is 5.09. The van der Waals surface area contributed by atoms with Crippen molar-refractivity contribution in [3.05, 3.63) is 70.6 Å². The molecule has 2 heterocycles. The Kier molecular flexibility index (Phi) is 5.68. The summed E-state index contributed by atoms with van der Waals surface area (Å²) < 4.78 is 18.9. The molecular formula is C23H21ClFN3O2. The van der Waals surface area contributed by atoms with E-state index in [9.17, 15) is 9.18 Å². The maximum absolute atomic E-state index is 13.3. The lowest BCUT2D eigenvalue weighted by molar-refractivity contribution is -0.132. The van der Waals surface area contributed by atoms with Gasteiger partial charge in [0.15, 0.2) is 0 Å². The fourth-order valence-electron chi connectivity index (χ4n) is 3.59. The highest BCUT2D eigenvalue weighted by molar-refractivity contribution is 6.30. The van der Waals surface area contributed by atoms with Gasteiger partial charge in [0.2, 0.25) is 5.91 Å². The number of hydrogen-bond donors (Lipinski definition) is 0. The highest BCUT2D eigenvalue weighted by atomic mass is 35.5. The second-order valence-corrected chi connectivity index (χ2v) is 7.38. The molecule has 1 atom stereocenters. The van der Waals surface area contributed by atoms with Crippen LogP contribution in [0.5, 0.6) is 5.75 Å². The summed E-state index contributed by atoms with van der Waals surface area (Å²) in [7, 11) is 0. The molecule has 30 heavy (non-hydrogen) atoms. The van der Waals surface area contributed by atoms with Gasteiger partial charge < -0.3 is 4.74 Å². The molecule has 7 heteroatoms. The first-order valence-corrected chi connectivity index (χ1v) is 10.3. The fraction of sp³-hybridized carbons (Fsp3) is 0.261. The number of pyridine rings is 1. The maximum Gasteiger partial charge on any atom is 0.242 e. The molecule has 2 aromatic carbocycles. The summed E-state index contributed by atoms with van der Waals surface area (Å²) in [4.78, 5) is 17.1. The molecule has 1 amide bonds. The number of carbonyl (C=O) groups is 1. The Morgan fingerprint density at radius 1 is 1.20 bits per heavy atom. The van der Waals surface area contributed by atoms with Gasteiger partial charge in [0.05, 0.1) is 23.9 Å². The van der Waals surface area contributed by atoms with Crippen LogP contribution in [0.4, 0.5) is 4.39 Å². The van der Waals surface area contributed by atoms with Crippen LogP contribution >= 0.6 is 11.6 Å². The van der Waals surface area contributed by atoms with E-state index in [-0.39, 0.29) is 17.8 Å². The Bertz CT molecular complexity index is 1130. The zero-order valence-electron chi connectivity index (χ0n) is 16.7. The minimum atomic E-state index is -0.367. The Morgan fingerprint density at radius 3 is 2.67 bits per heavy atom. The zero-order valence-corrected chi connectivity index (χ0v) is 17.5. The Balaban J connectivity index is 1.73. The smallest absolute Gasteiger partial charge is 0.242 e. The minimum absolute atomic E-state index is 0.111. The van der Waals surface area contributed by atoms with Gasteiger partial charge in [0.1, 0.15) is 16.7 Å². The summed E-state index contributed by atoms with van der Waals surface area (Å²) in [6.07, 6.45) is 0.786. The van der Waals surface area contributed by atoms with Crippen molar-refractivity contribution in [2.75, 3.05) is 6.61 Å². The van der Waals surface area contributed by atoms with Crippen molar-refractivity contribution in [2.45, 2.75) is 32.7 Å². The molecule has 4 rings (SSSR count). The monoisotopic (exact) mass is 425 g/mol. The Morgan fingerprint density at radius 2 is 1.97 bits per heavy atom. The lowest BCUT2D eigenvalue weighted by Crippen LogP contribution is -2.26. The Labute approximate surface area is 179 Å². The summed E-state index contributed by atoms with van der Waals surface area (Å²) in [5.41, 5.74) is 2.94. The molecule has 0 N–H and O–H groups in total. The molecule has 154 valence electrons. The van der Waals surface area contributed by atoms with Crippen LogP contribution in [0.15, 0.2) is 53.6 Å². The average Bonchev–Trinajstić information content (AvgIpc) is 3.18. The van der Waals surface area contributed by atoms with Crippen molar-refractivity contribution in [3.8, 4) is 5.75 Å². The number of nitrogens with zero attached hydrogens (tertiary/aromatic N) is 3. The maximum atomic E-state index is 13.3. The Hall–Kier alpha value is -2.99. The predicted molar refractivity (Wildman–Crippen MR) is 115 cm³/mol. The standard InChI is InChI=1S/C23H21ClFN3O2/c1-3-22(29)28-21(13-20(27-28)14-5-8-16(25)9-6-14)18-11-15-7-10-17(30-4-2)12-19(15)26-23(18)24/h5-12,21H,3-4,13H2,1-2H3/t21-/m0/s1. The molecule has 0 aliphatic carbocycles. The van der Waals surface area contributed by atoms with E-state index < -0.39 is 0 Å². The van der Waals surface area contributed by atoms with Crippen LogP contribution in [0.3, 0.4) is 0 Å². The van der Waals surface area contributed by atoms with Gasteiger partial charge >= 0.3 is 0 Å². The average molecular weight is 426 g/mol. The van der Waals surface area contributed by atoms with E-state index in [0.717, 1.165) is 27.8 Å². The quantitative estimate of drug-likeness (QED) is 0.506. The van der Waals surface area contributed by atoms with Gasteiger partial charge in [-0.05, 0) is 42.8 Å². The predicted octanol–water partition coefficient (Wildman–Crippen LogP) is 5.51. The van der Waals surface area contributed by atoms with Gasteiger partial charge in [-0.25, -0.2) is 14.4 Å². The van der Waals surface area contributed by atoms with Gasteiger partial charge in [-0.15, -0.1) is 0 Å². The molecule has 0 unspecified atom stereocenters. The summed E-state index contributed by atoms with van der Waals surface area (Å²) in [6.45, 7) is 4.28. The molecule has 1 aromatic heterocycles.